The Morgan fingerprint density at radius 3 is 2.35 bits per heavy atom. The Labute approximate surface area is 120 Å². The van der Waals surface area contributed by atoms with Gasteiger partial charge in [0.25, 0.3) is 0 Å². The first kappa shape index (κ1) is 16.7. The summed E-state index contributed by atoms with van der Waals surface area (Å²) in [5.74, 6) is -1.11. The van der Waals surface area contributed by atoms with E-state index in [9.17, 15) is 13.2 Å². The average molecular weight is 299 g/mol. The topological polar surface area (TPSA) is 74.7 Å². The third kappa shape index (κ3) is 3.80. The number of benzene rings is 1. The van der Waals surface area contributed by atoms with E-state index in [1.165, 1.54) is 25.1 Å². The first-order valence-electron chi connectivity index (χ1n) is 6.61. The third-order valence-electron chi connectivity index (χ3n) is 3.42. The van der Waals surface area contributed by atoms with Crippen molar-refractivity contribution >= 4 is 15.8 Å². The lowest BCUT2D eigenvalue weighted by atomic mass is 10.1. The van der Waals surface area contributed by atoms with Crippen LogP contribution in [-0.2, 0) is 9.84 Å². The standard InChI is InChI=1S/C14H21NO4S/c1-4-15(5-2)9-10-20(18,19)13-8-6-7-12(11(13)3)14(16)17/h6-8H,4-5,9-10H2,1-3H3,(H,16,17). The van der Waals surface area contributed by atoms with Crippen LogP contribution < -0.4 is 0 Å². The molecule has 1 aromatic carbocycles. The molecule has 0 saturated carbocycles. The molecule has 0 saturated heterocycles. The van der Waals surface area contributed by atoms with Crippen LogP contribution >= 0.6 is 0 Å². The smallest absolute Gasteiger partial charge is 0.335 e. The van der Waals surface area contributed by atoms with Crippen LogP contribution in [0.2, 0.25) is 0 Å². The van der Waals surface area contributed by atoms with E-state index in [4.69, 9.17) is 5.11 Å². The highest BCUT2D eigenvalue weighted by molar-refractivity contribution is 7.91. The molecule has 20 heavy (non-hydrogen) atoms. The molecule has 1 aromatic rings. The predicted molar refractivity (Wildman–Crippen MR) is 78.0 cm³/mol. The molecule has 0 unspecified atom stereocenters. The molecule has 0 aliphatic carbocycles. The zero-order valence-corrected chi connectivity index (χ0v) is 12.9. The lowest BCUT2D eigenvalue weighted by Gasteiger charge is -2.18. The van der Waals surface area contributed by atoms with Crippen LogP contribution in [0.3, 0.4) is 0 Å². The third-order valence-corrected chi connectivity index (χ3v) is 5.25. The molecule has 0 aromatic heterocycles. The summed E-state index contributed by atoms with van der Waals surface area (Å²) in [7, 11) is -3.47. The molecule has 0 spiro atoms. The fraction of sp³-hybridized carbons (Fsp3) is 0.500. The largest absolute Gasteiger partial charge is 0.478 e. The molecular weight excluding hydrogens is 278 g/mol. The lowest BCUT2D eigenvalue weighted by Crippen LogP contribution is -2.29. The molecule has 0 radical (unpaired) electrons. The summed E-state index contributed by atoms with van der Waals surface area (Å²) in [6, 6.07) is 4.36. The fourth-order valence-corrected chi connectivity index (χ4v) is 3.66. The van der Waals surface area contributed by atoms with Crippen molar-refractivity contribution in [2.75, 3.05) is 25.4 Å². The molecule has 0 aliphatic heterocycles. The van der Waals surface area contributed by atoms with Gasteiger partial charge in [-0.25, -0.2) is 13.2 Å². The number of carbonyl (C=O) groups is 1. The second kappa shape index (κ2) is 6.85. The van der Waals surface area contributed by atoms with Crippen LogP contribution in [0.25, 0.3) is 0 Å². The van der Waals surface area contributed by atoms with Gasteiger partial charge >= 0.3 is 5.97 Å². The van der Waals surface area contributed by atoms with E-state index in [-0.39, 0.29) is 16.2 Å². The molecule has 0 fully saturated rings. The maximum atomic E-state index is 12.3. The number of rotatable bonds is 7. The molecule has 0 bridgehead atoms. The van der Waals surface area contributed by atoms with Crippen molar-refractivity contribution in [3.63, 3.8) is 0 Å². The normalized spacial score (nSPS) is 11.8. The van der Waals surface area contributed by atoms with E-state index >= 15 is 0 Å². The average Bonchev–Trinajstić information content (AvgIpc) is 2.39. The van der Waals surface area contributed by atoms with Gasteiger partial charge in [0.2, 0.25) is 0 Å². The van der Waals surface area contributed by atoms with Gasteiger partial charge in [-0.1, -0.05) is 19.9 Å². The van der Waals surface area contributed by atoms with Crippen LogP contribution in [0.4, 0.5) is 0 Å². The second-order valence-electron chi connectivity index (χ2n) is 4.58. The Balaban J connectivity index is 3.04. The van der Waals surface area contributed by atoms with Crippen molar-refractivity contribution in [2.24, 2.45) is 0 Å². The van der Waals surface area contributed by atoms with Crippen molar-refractivity contribution in [3.05, 3.63) is 29.3 Å². The Hall–Kier alpha value is -1.40. The summed E-state index contributed by atoms with van der Waals surface area (Å²) in [6.45, 7) is 7.53. The number of nitrogens with zero attached hydrogens (tertiary/aromatic N) is 1. The van der Waals surface area contributed by atoms with Crippen molar-refractivity contribution in [1.29, 1.82) is 0 Å². The molecule has 0 heterocycles. The Kier molecular flexibility index (Phi) is 5.71. The highest BCUT2D eigenvalue weighted by atomic mass is 32.2. The maximum Gasteiger partial charge on any atom is 0.335 e. The zero-order chi connectivity index (χ0) is 15.3. The van der Waals surface area contributed by atoms with Gasteiger partial charge in [0, 0.05) is 6.54 Å². The molecular formula is C14H21NO4S. The Bertz CT molecular complexity index is 577. The summed E-state index contributed by atoms with van der Waals surface area (Å²) in [6.07, 6.45) is 0. The van der Waals surface area contributed by atoms with E-state index in [0.29, 0.717) is 12.1 Å². The first-order valence-corrected chi connectivity index (χ1v) is 8.26. The maximum absolute atomic E-state index is 12.3. The molecule has 0 aliphatic rings. The van der Waals surface area contributed by atoms with Crippen molar-refractivity contribution in [3.8, 4) is 0 Å². The summed E-state index contributed by atoms with van der Waals surface area (Å²) >= 11 is 0. The molecule has 112 valence electrons. The van der Waals surface area contributed by atoms with E-state index in [1.54, 1.807) is 0 Å². The zero-order valence-electron chi connectivity index (χ0n) is 12.1. The van der Waals surface area contributed by atoms with Gasteiger partial charge < -0.3 is 10.0 Å². The molecule has 5 nitrogen and oxygen atoms in total. The van der Waals surface area contributed by atoms with Crippen molar-refractivity contribution < 1.29 is 18.3 Å². The number of carboxylic acid groups (broad SMARTS) is 1. The monoisotopic (exact) mass is 299 g/mol. The summed E-state index contributed by atoms with van der Waals surface area (Å²) < 4.78 is 24.7. The van der Waals surface area contributed by atoms with Gasteiger partial charge in [0.15, 0.2) is 9.84 Å². The highest BCUT2D eigenvalue weighted by Crippen LogP contribution is 2.20. The van der Waals surface area contributed by atoms with Crippen LogP contribution in [0.1, 0.15) is 29.8 Å². The minimum Gasteiger partial charge on any atom is -0.478 e. The second-order valence-corrected chi connectivity index (χ2v) is 6.66. The van der Waals surface area contributed by atoms with Gasteiger partial charge in [-0.15, -0.1) is 0 Å². The Morgan fingerprint density at radius 2 is 1.85 bits per heavy atom. The fourth-order valence-electron chi connectivity index (χ4n) is 2.08. The lowest BCUT2D eigenvalue weighted by molar-refractivity contribution is 0.0696. The van der Waals surface area contributed by atoms with Gasteiger partial charge in [0.1, 0.15) is 0 Å². The molecule has 1 rings (SSSR count). The van der Waals surface area contributed by atoms with Gasteiger partial charge in [-0.2, -0.15) is 0 Å². The molecule has 0 atom stereocenters. The van der Waals surface area contributed by atoms with Gasteiger partial charge in [-0.3, -0.25) is 0 Å². The van der Waals surface area contributed by atoms with Crippen LogP contribution in [0.15, 0.2) is 23.1 Å². The van der Waals surface area contributed by atoms with E-state index in [1.807, 2.05) is 18.7 Å². The Morgan fingerprint density at radius 1 is 1.25 bits per heavy atom. The van der Waals surface area contributed by atoms with Crippen molar-refractivity contribution in [1.82, 2.24) is 4.90 Å². The van der Waals surface area contributed by atoms with E-state index < -0.39 is 15.8 Å². The van der Waals surface area contributed by atoms with Crippen LogP contribution in [0.5, 0.6) is 0 Å². The summed E-state index contributed by atoms with van der Waals surface area (Å²) in [5.41, 5.74) is 0.341. The number of hydrogen-bond donors (Lipinski definition) is 1. The summed E-state index contributed by atoms with van der Waals surface area (Å²) in [5, 5.41) is 9.05. The minimum atomic E-state index is -3.47. The number of sulfone groups is 1. The first-order chi connectivity index (χ1) is 9.33. The molecule has 1 N–H and O–H groups in total. The number of aromatic carboxylic acids is 1. The summed E-state index contributed by atoms with van der Waals surface area (Å²) in [4.78, 5) is 13.2. The molecule has 6 heteroatoms. The van der Waals surface area contributed by atoms with Gasteiger partial charge in [0.05, 0.1) is 16.2 Å². The van der Waals surface area contributed by atoms with Gasteiger partial charge in [-0.05, 0) is 37.7 Å². The van der Waals surface area contributed by atoms with Crippen LogP contribution in [0, 0.1) is 6.92 Å². The predicted octanol–water partition coefficient (Wildman–Crippen LogP) is 1.81. The molecule has 0 amide bonds. The minimum absolute atomic E-state index is 0.00140. The van der Waals surface area contributed by atoms with E-state index in [0.717, 1.165) is 13.1 Å². The van der Waals surface area contributed by atoms with Crippen LogP contribution in [-0.4, -0.2) is 49.8 Å². The highest BCUT2D eigenvalue weighted by Gasteiger charge is 2.21. The number of hydrogen-bond acceptors (Lipinski definition) is 4. The van der Waals surface area contributed by atoms with Crippen molar-refractivity contribution in [2.45, 2.75) is 25.7 Å². The SMILES string of the molecule is CCN(CC)CCS(=O)(=O)c1cccc(C(=O)O)c1C. The quantitative estimate of drug-likeness (QED) is 0.831. The number of carboxylic acids is 1. The van der Waals surface area contributed by atoms with E-state index in [2.05, 4.69) is 0 Å².